The fourth-order valence-electron chi connectivity index (χ4n) is 5.70. The van der Waals surface area contributed by atoms with Gasteiger partial charge in [0.1, 0.15) is 5.82 Å². The molecule has 0 N–H and O–H groups in total. The van der Waals surface area contributed by atoms with E-state index in [1.54, 1.807) is 33.8 Å². The first-order valence-corrected chi connectivity index (χ1v) is 13.3. The van der Waals surface area contributed by atoms with E-state index in [1.807, 2.05) is 48.3 Å². The lowest BCUT2D eigenvalue weighted by atomic mass is 10.00. The van der Waals surface area contributed by atoms with Crippen LogP contribution in [0, 0.1) is 5.82 Å². The summed E-state index contributed by atoms with van der Waals surface area (Å²) in [5.74, 6) is -0.965. The number of carbonyl (C=O) groups excluding carboxylic acids is 2. The zero-order valence-electron chi connectivity index (χ0n) is 22.0. The Kier molecular flexibility index (Phi) is 6.50. The second-order valence-corrected chi connectivity index (χ2v) is 10.3. The van der Waals surface area contributed by atoms with Gasteiger partial charge in [-0.05, 0) is 55.5 Å². The number of likely N-dealkylation sites (tertiary alicyclic amines) is 1. The Balaban J connectivity index is 1.36. The molecule has 0 spiro atoms. The van der Waals surface area contributed by atoms with Gasteiger partial charge in [-0.15, -0.1) is 5.10 Å². The molecule has 0 bridgehead atoms. The van der Waals surface area contributed by atoms with E-state index in [1.165, 1.54) is 7.11 Å². The predicted molar refractivity (Wildman–Crippen MR) is 143 cm³/mol. The molecule has 1 aliphatic carbocycles. The molecule has 2 aliphatic rings. The average molecular weight is 528 g/mol. The van der Waals surface area contributed by atoms with Crippen LogP contribution in [0.5, 0.6) is 0 Å². The number of halogens is 1. The molecule has 2 aromatic carbocycles. The van der Waals surface area contributed by atoms with Gasteiger partial charge in [0, 0.05) is 61.3 Å². The maximum Gasteiger partial charge on any atom is 0.339 e. The van der Waals surface area contributed by atoms with Gasteiger partial charge in [-0.25, -0.2) is 9.18 Å². The largest absolute Gasteiger partial charge is 0.465 e. The highest BCUT2D eigenvalue weighted by molar-refractivity contribution is 5.96. The Labute approximate surface area is 226 Å². The van der Waals surface area contributed by atoms with Crippen molar-refractivity contribution >= 4 is 11.9 Å². The molecular weight excluding hydrogens is 497 g/mol. The Morgan fingerprint density at radius 2 is 1.79 bits per heavy atom. The van der Waals surface area contributed by atoms with Crippen LogP contribution < -0.4 is 0 Å². The van der Waals surface area contributed by atoms with E-state index in [4.69, 9.17) is 4.74 Å². The second-order valence-electron chi connectivity index (χ2n) is 10.3. The number of rotatable bonds is 6. The van der Waals surface area contributed by atoms with Crippen molar-refractivity contribution in [3.63, 3.8) is 0 Å². The predicted octanol–water partition coefficient (Wildman–Crippen LogP) is 5.10. The van der Waals surface area contributed by atoms with E-state index >= 15 is 4.39 Å². The molecule has 1 amide bonds. The molecule has 9 heteroatoms. The van der Waals surface area contributed by atoms with E-state index < -0.39 is 11.8 Å². The number of piperidine rings is 1. The maximum atomic E-state index is 15.8. The summed E-state index contributed by atoms with van der Waals surface area (Å²) < 4.78 is 24.5. The minimum Gasteiger partial charge on any atom is -0.465 e. The highest BCUT2D eigenvalue weighted by Gasteiger charge is 2.45. The molecule has 2 atom stereocenters. The molecule has 4 aromatic rings. The number of hydrogen-bond donors (Lipinski definition) is 0. The summed E-state index contributed by atoms with van der Waals surface area (Å²) in [6.07, 6.45) is 7.57. The summed E-state index contributed by atoms with van der Waals surface area (Å²) in [5.41, 5.74) is 4.12. The zero-order chi connectivity index (χ0) is 27.1. The molecule has 6 rings (SSSR count). The van der Waals surface area contributed by atoms with Crippen LogP contribution in [0.4, 0.5) is 4.39 Å². The van der Waals surface area contributed by atoms with Crippen molar-refractivity contribution in [2.75, 3.05) is 20.2 Å². The molecule has 39 heavy (non-hydrogen) atoms. The minimum absolute atomic E-state index is 0.0664. The van der Waals surface area contributed by atoms with Crippen molar-refractivity contribution in [2.24, 2.45) is 7.05 Å². The number of aryl methyl sites for hydroxylation is 1. The van der Waals surface area contributed by atoms with Gasteiger partial charge in [0.05, 0.1) is 23.9 Å². The van der Waals surface area contributed by atoms with Gasteiger partial charge in [0.2, 0.25) is 0 Å². The summed E-state index contributed by atoms with van der Waals surface area (Å²) in [5, 5.41) is 8.33. The van der Waals surface area contributed by atoms with E-state index in [2.05, 4.69) is 10.3 Å². The molecule has 3 heterocycles. The van der Waals surface area contributed by atoms with Crippen LogP contribution in [0.2, 0.25) is 0 Å². The standard InChI is InChI=1S/C30H30FN5O3/c1-34-18-26(32-33-34)24-17-25(24)28-23(30(38)39-2)12-15-36(28)20-9-6-8-19(16-20)21-10-7-11-22(27(21)31)29(37)35-13-4-3-5-14-35/h6-12,15-16,18,24-25H,3-5,13-14,17H2,1-2H3/t24?,25-/m1/s1. The number of hydrogen-bond acceptors (Lipinski definition) is 5. The topological polar surface area (TPSA) is 82.2 Å². The third-order valence-electron chi connectivity index (χ3n) is 7.78. The molecule has 1 unspecified atom stereocenters. The quantitative estimate of drug-likeness (QED) is 0.326. The average Bonchev–Trinajstić information content (AvgIpc) is 3.42. The van der Waals surface area contributed by atoms with Gasteiger partial charge >= 0.3 is 5.97 Å². The number of carbonyl (C=O) groups is 2. The van der Waals surface area contributed by atoms with Crippen molar-refractivity contribution < 1.29 is 18.7 Å². The van der Waals surface area contributed by atoms with Crippen LogP contribution in [-0.4, -0.2) is 56.5 Å². The fourth-order valence-corrected chi connectivity index (χ4v) is 5.70. The Morgan fingerprint density at radius 3 is 2.54 bits per heavy atom. The number of esters is 1. The van der Waals surface area contributed by atoms with Crippen LogP contribution in [-0.2, 0) is 11.8 Å². The summed E-state index contributed by atoms with van der Waals surface area (Å²) in [6.45, 7) is 1.32. The molecule has 8 nitrogen and oxygen atoms in total. The van der Waals surface area contributed by atoms with Crippen molar-refractivity contribution in [3.05, 3.63) is 89.3 Å². The molecule has 1 aliphatic heterocycles. The maximum absolute atomic E-state index is 15.8. The van der Waals surface area contributed by atoms with Gasteiger partial charge in [0.15, 0.2) is 0 Å². The van der Waals surface area contributed by atoms with Crippen molar-refractivity contribution in [1.82, 2.24) is 24.5 Å². The smallest absolute Gasteiger partial charge is 0.339 e. The lowest BCUT2D eigenvalue weighted by Gasteiger charge is -2.27. The summed E-state index contributed by atoms with van der Waals surface area (Å²) in [6, 6.07) is 14.3. The first kappa shape index (κ1) is 25.0. The lowest BCUT2D eigenvalue weighted by molar-refractivity contribution is 0.0599. The molecule has 1 saturated heterocycles. The first-order chi connectivity index (χ1) is 19.0. The molecule has 200 valence electrons. The van der Waals surface area contributed by atoms with Crippen LogP contribution >= 0.6 is 0 Å². The Morgan fingerprint density at radius 1 is 1.00 bits per heavy atom. The van der Waals surface area contributed by atoms with E-state index in [0.717, 1.165) is 42.8 Å². The van der Waals surface area contributed by atoms with Crippen LogP contribution in [0.15, 0.2) is 60.9 Å². The Hall–Kier alpha value is -4.27. The van der Waals surface area contributed by atoms with E-state index in [-0.39, 0.29) is 23.3 Å². The fraction of sp³-hybridized carbons (Fsp3) is 0.333. The molecule has 0 radical (unpaired) electrons. The van der Waals surface area contributed by atoms with Gasteiger partial charge in [-0.3, -0.25) is 9.48 Å². The van der Waals surface area contributed by atoms with Gasteiger partial charge in [-0.1, -0.05) is 29.5 Å². The van der Waals surface area contributed by atoms with Crippen LogP contribution in [0.1, 0.15) is 69.6 Å². The van der Waals surface area contributed by atoms with Gasteiger partial charge in [-0.2, -0.15) is 0 Å². The third-order valence-corrected chi connectivity index (χ3v) is 7.78. The second kappa shape index (κ2) is 10.1. The van der Waals surface area contributed by atoms with E-state index in [0.29, 0.717) is 29.8 Å². The third kappa shape index (κ3) is 4.62. The normalized spacial score (nSPS) is 18.7. The summed E-state index contributed by atoms with van der Waals surface area (Å²) >= 11 is 0. The first-order valence-electron chi connectivity index (χ1n) is 13.3. The number of ether oxygens (including phenoxy) is 1. The number of methoxy groups -OCH3 is 1. The number of aromatic nitrogens is 4. The monoisotopic (exact) mass is 527 g/mol. The van der Waals surface area contributed by atoms with Crippen molar-refractivity contribution in [3.8, 4) is 16.8 Å². The molecule has 1 saturated carbocycles. The van der Waals surface area contributed by atoms with Gasteiger partial charge < -0.3 is 14.2 Å². The number of nitrogens with zero attached hydrogens (tertiary/aromatic N) is 5. The summed E-state index contributed by atoms with van der Waals surface area (Å²) in [7, 11) is 3.20. The molecule has 2 fully saturated rings. The van der Waals surface area contributed by atoms with Crippen molar-refractivity contribution in [2.45, 2.75) is 37.5 Å². The highest BCUT2D eigenvalue weighted by atomic mass is 19.1. The molecule has 2 aromatic heterocycles. The van der Waals surface area contributed by atoms with Crippen LogP contribution in [0.25, 0.3) is 16.8 Å². The zero-order valence-corrected chi connectivity index (χ0v) is 22.0. The van der Waals surface area contributed by atoms with Gasteiger partial charge in [0.25, 0.3) is 5.91 Å². The molecular formula is C30H30FN5O3. The SMILES string of the molecule is COC(=O)c1ccn(-c2cccc(-c3cccc(C(=O)N4CCCCC4)c3F)c2)c1[C@@H]1CC1c1cn(C)nn1. The number of amides is 1. The van der Waals surface area contributed by atoms with Crippen molar-refractivity contribution in [1.29, 1.82) is 0 Å². The van der Waals surface area contributed by atoms with E-state index in [9.17, 15) is 9.59 Å². The highest BCUT2D eigenvalue weighted by Crippen LogP contribution is 2.55. The lowest BCUT2D eigenvalue weighted by Crippen LogP contribution is -2.36. The Bertz CT molecular complexity index is 1550. The number of benzene rings is 2. The van der Waals surface area contributed by atoms with Crippen LogP contribution in [0.3, 0.4) is 0 Å². The minimum atomic E-state index is -0.516. The summed E-state index contributed by atoms with van der Waals surface area (Å²) in [4.78, 5) is 27.5.